The van der Waals surface area contributed by atoms with Crippen LogP contribution in [-0.2, 0) is 24.7 Å². The Bertz CT molecular complexity index is 1470. The SMILES string of the molecule is CO[C@](C(=O)O[C@H]1CC[C@]2(C)[C@H]3CC=C4[C@@H]5CC(C)(C)CC[C@]5(O)C(=O)C[C@@]4(C)[C@]3(C)CC[C@H]2C1(C)C)(c1ccccc1)C(F)(F)F. The molecule has 1 N–H and O–H groups in total. The molecule has 1 aromatic rings. The lowest BCUT2D eigenvalue weighted by Gasteiger charge is -2.70. The van der Waals surface area contributed by atoms with Gasteiger partial charge in [-0.1, -0.05) is 90.4 Å². The third-order valence-corrected chi connectivity index (χ3v) is 14.8. The lowest BCUT2D eigenvalue weighted by Crippen LogP contribution is -2.67. The van der Waals surface area contributed by atoms with Crippen LogP contribution in [-0.4, -0.2) is 41.9 Å². The van der Waals surface area contributed by atoms with Crippen LogP contribution in [0.15, 0.2) is 42.0 Å². The molecule has 5 nitrogen and oxygen atoms in total. The van der Waals surface area contributed by atoms with Crippen molar-refractivity contribution in [1.82, 2.24) is 0 Å². The van der Waals surface area contributed by atoms with Gasteiger partial charge in [0, 0.05) is 35.8 Å². The van der Waals surface area contributed by atoms with Gasteiger partial charge in [-0.15, -0.1) is 0 Å². The number of hydrogen-bond donors (Lipinski definition) is 1. The molecule has 9 atom stereocenters. The van der Waals surface area contributed by atoms with Crippen molar-refractivity contribution in [3.8, 4) is 0 Å². The number of rotatable bonds is 4. The number of fused-ring (bicyclic) bond motifs is 7. The molecule has 1 aromatic carbocycles. The molecule has 5 aliphatic rings. The van der Waals surface area contributed by atoms with Gasteiger partial charge in [-0.2, -0.15) is 13.2 Å². The third-order valence-electron chi connectivity index (χ3n) is 14.8. The summed E-state index contributed by atoms with van der Waals surface area (Å²) in [6.07, 6.45) is 2.71. The van der Waals surface area contributed by atoms with Gasteiger partial charge < -0.3 is 14.6 Å². The topological polar surface area (TPSA) is 72.8 Å². The van der Waals surface area contributed by atoms with E-state index in [0.717, 1.165) is 39.2 Å². The van der Waals surface area contributed by atoms with E-state index in [-0.39, 0.29) is 50.8 Å². The standard InChI is InChI=1S/C39H53F3O5/c1-32(2)20-21-37(45)26(22-32)25-14-15-28-34(5)18-17-30(33(3,4)27(34)16-19-35(28,6)36(25,7)23-29(37)43)47-31(44)38(46-8,39(40,41)42)24-12-10-9-11-13-24/h9-14,26-28,30,45H,15-23H2,1-8H3/t26-,27-,28+,30-,34-,35+,36+,37+,38-/m0/s1. The van der Waals surface area contributed by atoms with Crippen molar-refractivity contribution in [1.29, 1.82) is 0 Å². The van der Waals surface area contributed by atoms with Crippen LogP contribution in [0.5, 0.6) is 0 Å². The van der Waals surface area contributed by atoms with Crippen LogP contribution >= 0.6 is 0 Å². The molecule has 0 bridgehead atoms. The van der Waals surface area contributed by atoms with E-state index < -0.39 is 34.9 Å². The highest BCUT2D eigenvalue weighted by Crippen LogP contribution is 2.74. The van der Waals surface area contributed by atoms with Gasteiger partial charge >= 0.3 is 12.1 Å². The summed E-state index contributed by atoms with van der Waals surface area (Å²) in [5.41, 5.74) is -4.89. The van der Waals surface area contributed by atoms with E-state index in [0.29, 0.717) is 25.7 Å². The number of allylic oxidation sites excluding steroid dienone is 1. The summed E-state index contributed by atoms with van der Waals surface area (Å²) in [7, 11) is 0.906. The van der Waals surface area contributed by atoms with Crippen molar-refractivity contribution in [2.45, 2.75) is 130 Å². The Morgan fingerprint density at radius 3 is 2.19 bits per heavy atom. The number of esters is 1. The number of hydrogen-bond acceptors (Lipinski definition) is 5. The van der Waals surface area contributed by atoms with Gasteiger partial charge in [0.2, 0.25) is 0 Å². The fourth-order valence-electron chi connectivity index (χ4n) is 11.9. The second-order valence-electron chi connectivity index (χ2n) is 17.7. The molecular weight excluding hydrogens is 605 g/mol. The molecule has 4 fully saturated rings. The highest BCUT2D eigenvalue weighted by atomic mass is 19.4. The third kappa shape index (κ3) is 4.62. The molecule has 0 unspecified atom stereocenters. The number of methoxy groups -OCH3 is 1. The van der Waals surface area contributed by atoms with Crippen molar-refractivity contribution in [3.63, 3.8) is 0 Å². The largest absolute Gasteiger partial charge is 0.459 e. The average molecular weight is 659 g/mol. The Morgan fingerprint density at radius 1 is 0.915 bits per heavy atom. The Labute approximate surface area is 278 Å². The van der Waals surface area contributed by atoms with Gasteiger partial charge in [-0.3, -0.25) is 4.79 Å². The summed E-state index contributed by atoms with van der Waals surface area (Å²) in [5.74, 6) is -1.31. The van der Waals surface area contributed by atoms with E-state index in [2.05, 4.69) is 40.7 Å². The van der Waals surface area contributed by atoms with Crippen LogP contribution in [0.3, 0.4) is 0 Å². The van der Waals surface area contributed by atoms with E-state index in [4.69, 9.17) is 9.47 Å². The summed E-state index contributed by atoms with van der Waals surface area (Å²) in [4.78, 5) is 27.6. The minimum atomic E-state index is -5.03. The Kier molecular flexibility index (Phi) is 7.86. The van der Waals surface area contributed by atoms with Crippen LogP contribution in [0.4, 0.5) is 13.2 Å². The molecule has 0 aliphatic heterocycles. The molecule has 0 saturated heterocycles. The molecule has 260 valence electrons. The van der Waals surface area contributed by atoms with Crippen molar-refractivity contribution in [3.05, 3.63) is 47.5 Å². The van der Waals surface area contributed by atoms with E-state index in [1.165, 1.54) is 29.8 Å². The van der Waals surface area contributed by atoms with Crippen LogP contribution < -0.4 is 0 Å². The second kappa shape index (κ2) is 10.7. The minimum Gasteiger partial charge on any atom is -0.459 e. The molecule has 0 heterocycles. The van der Waals surface area contributed by atoms with Crippen LogP contribution in [0.1, 0.15) is 112 Å². The molecule has 0 amide bonds. The van der Waals surface area contributed by atoms with Gasteiger partial charge in [-0.05, 0) is 79.4 Å². The predicted molar refractivity (Wildman–Crippen MR) is 173 cm³/mol. The maximum Gasteiger partial charge on any atom is 0.432 e. The predicted octanol–water partition coefficient (Wildman–Crippen LogP) is 8.73. The second-order valence-corrected chi connectivity index (χ2v) is 17.7. The van der Waals surface area contributed by atoms with Crippen LogP contribution in [0, 0.1) is 44.8 Å². The molecule has 6 rings (SSSR count). The monoisotopic (exact) mass is 658 g/mol. The van der Waals surface area contributed by atoms with Gasteiger partial charge in [0.25, 0.3) is 5.60 Å². The normalized spacial score (nSPS) is 42.0. The smallest absolute Gasteiger partial charge is 0.432 e. The molecule has 0 spiro atoms. The zero-order valence-electron chi connectivity index (χ0n) is 29.4. The maximum absolute atomic E-state index is 14.7. The summed E-state index contributed by atoms with van der Waals surface area (Å²) < 4.78 is 55.1. The van der Waals surface area contributed by atoms with Crippen LogP contribution in [0.25, 0.3) is 0 Å². The number of carbonyl (C=O) groups is 2. The van der Waals surface area contributed by atoms with Gasteiger partial charge in [0.15, 0.2) is 5.78 Å². The average Bonchev–Trinajstić information content (AvgIpc) is 2.97. The molecule has 5 aliphatic carbocycles. The van der Waals surface area contributed by atoms with Crippen LogP contribution in [0.2, 0.25) is 0 Å². The van der Waals surface area contributed by atoms with E-state index in [1.54, 1.807) is 6.07 Å². The zero-order valence-corrected chi connectivity index (χ0v) is 29.4. The first kappa shape index (κ1) is 34.7. The summed E-state index contributed by atoms with van der Waals surface area (Å²) in [6.45, 7) is 15.5. The summed E-state index contributed by atoms with van der Waals surface area (Å²) >= 11 is 0. The van der Waals surface area contributed by atoms with Gasteiger partial charge in [0.05, 0.1) is 0 Å². The number of carbonyl (C=O) groups excluding carboxylic acids is 2. The first-order valence-corrected chi connectivity index (χ1v) is 17.5. The van der Waals surface area contributed by atoms with Crippen molar-refractivity contribution >= 4 is 11.8 Å². The number of ether oxygens (including phenoxy) is 2. The van der Waals surface area contributed by atoms with Crippen molar-refractivity contribution in [2.75, 3.05) is 7.11 Å². The van der Waals surface area contributed by atoms with Crippen molar-refractivity contribution < 1.29 is 37.3 Å². The lowest BCUT2D eigenvalue weighted by atomic mass is 9.34. The molecular formula is C39H53F3O5. The first-order chi connectivity index (χ1) is 21.6. The van der Waals surface area contributed by atoms with E-state index in [9.17, 15) is 27.9 Å². The number of ketones is 1. The first-order valence-electron chi connectivity index (χ1n) is 17.5. The van der Waals surface area contributed by atoms with Crippen molar-refractivity contribution in [2.24, 2.45) is 44.8 Å². The highest BCUT2D eigenvalue weighted by Gasteiger charge is 2.71. The summed E-state index contributed by atoms with van der Waals surface area (Å²) in [6, 6.07) is 7.00. The van der Waals surface area contributed by atoms with E-state index >= 15 is 0 Å². The molecule has 8 heteroatoms. The van der Waals surface area contributed by atoms with Gasteiger partial charge in [-0.25, -0.2) is 4.79 Å². The number of benzene rings is 1. The Morgan fingerprint density at radius 2 is 1.57 bits per heavy atom. The Hall–Kier alpha value is -2.19. The Balaban J connectivity index is 1.32. The fraction of sp³-hybridized carbons (Fsp3) is 0.744. The number of alkyl halides is 3. The van der Waals surface area contributed by atoms with E-state index in [1.807, 2.05) is 13.8 Å². The number of aliphatic hydroxyl groups is 1. The quantitative estimate of drug-likeness (QED) is 0.259. The van der Waals surface area contributed by atoms with Gasteiger partial charge in [0.1, 0.15) is 11.7 Å². The number of halogens is 3. The fourth-order valence-corrected chi connectivity index (χ4v) is 11.9. The number of Topliss-reactive ketones (excluding diaryl/α,β-unsaturated/α-hetero) is 1. The molecule has 0 aromatic heterocycles. The lowest BCUT2D eigenvalue weighted by molar-refractivity contribution is -0.283. The highest BCUT2D eigenvalue weighted by molar-refractivity contribution is 5.91. The molecule has 0 radical (unpaired) electrons. The zero-order chi connectivity index (χ0) is 34.6. The summed E-state index contributed by atoms with van der Waals surface area (Å²) in [5, 5.41) is 11.8. The molecule has 4 saturated carbocycles. The maximum atomic E-state index is 14.7. The minimum absolute atomic E-state index is 0.0209. The molecule has 47 heavy (non-hydrogen) atoms.